The van der Waals surface area contributed by atoms with Crippen LogP contribution in [0, 0.1) is 5.82 Å². The predicted molar refractivity (Wildman–Crippen MR) is 71.0 cm³/mol. The van der Waals surface area contributed by atoms with Crippen LogP contribution in [0.4, 0.5) is 10.1 Å². The Morgan fingerprint density at radius 1 is 1.17 bits per heavy atom. The van der Waals surface area contributed by atoms with Crippen molar-refractivity contribution in [2.75, 3.05) is 5.73 Å². The molecule has 0 saturated carbocycles. The number of para-hydroxylation sites is 1. The van der Waals surface area contributed by atoms with E-state index in [1.807, 2.05) is 24.3 Å². The number of hydrogen-bond donors (Lipinski definition) is 1. The normalized spacial score (nSPS) is 10.3. The molecule has 0 aliphatic rings. The van der Waals surface area contributed by atoms with Crippen molar-refractivity contribution in [1.82, 2.24) is 0 Å². The highest BCUT2D eigenvalue weighted by Gasteiger charge is 2.03. The van der Waals surface area contributed by atoms with E-state index in [9.17, 15) is 4.39 Å². The Balaban J connectivity index is 2.11. The van der Waals surface area contributed by atoms with Crippen LogP contribution < -0.4 is 10.5 Å². The summed E-state index contributed by atoms with van der Waals surface area (Å²) in [5.74, 6) is 0.500. The molecule has 2 aromatic carbocycles. The second kappa shape index (κ2) is 5.54. The number of aryl methyl sites for hydroxylation is 1. The molecule has 2 aromatic rings. The van der Waals surface area contributed by atoms with Crippen molar-refractivity contribution in [1.29, 1.82) is 0 Å². The highest BCUT2D eigenvalue weighted by atomic mass is 19.1. The molecule has 0 bridgehead atoms. The molecular weight excluding hydrogens is 229 g/mol. The first-order valence-electron chi connectivity index (χ1n) is 5.94. The number of benzene rings is 2. The van der Waals surface area contributed by atoms with Gasteiger partial charge < -0.3 is 10.5 Å². The zero-order chi connectivity index (χ0) is 13.0. The summed E-state index contributed by atoms with van der Waals surface area (Å²) in [4.78, 5) is 0. The van der Waals surface area contributed by atoms with Gasteiger partial charge in [-0.1, -0.05) is 25.1 Å². The van der Waals surface area contributed by atoms with Gasteiger partial charge in [-0.05, 0) is 41.8 Å². The number of hydrogen-bond acceptors (Lipinski definition) is 2. The smallest absolute Gasteiger partial charge is 0.125 e. The third kappa shape index (κ3) is 3.00. The first kappa shape index (κ1) is 12.4. The van der Waals surface area contributed by atoms with Crippen molar-refractivity contribution in [2.45, 2.75) is 20.0 Å². The predicted octanol–water partition coefficient (Wildman–Crippen LogP) is 3.55. The molecule has 18 heavy (non-hydrogen) atoms. The number of nitrogen functional groups attached to an aromatic ring is 1. The van der Waals surface area contributed by atoms with E-state index >= 15 is 0 Å². The lowest BCUT2D eigenvalue weighted by atomic mass is 10.1. The Hall–Kier alpha value is -2.03. The number of ether oxygens (including phenoxy) is 1. The standard InChI is InChI=1S/C15H16FNO/c1-2-12-5-3-4-6-15(12)18-10-11-7-13(16)9-14(17)8-11/h3-9H,2,10,17H2,1H3. The summed E-state index contributed by atoms with van der Waals surface area (Å²) in [5, 5.41) is 0. The Bertz CT molecular complexity index is 520. The number of anilines is 1. The van der Waals surface area contributed by atoms with Crippen molar-refractivity contribution >= 4 is 5.69 Å². The summed E-state index contributed by atoms with van der Waals surface area (Å²) in [6.07, 6.45) is 0.904. The van der Waals surface area contributed by atoms with Gasteiger partial charge in [0.05, 0.1) is 0 Å². The molecule has 0 aliphatic carbocycles. The van der Waals surface area contributed by atoms with Gasteiger partial charge in [-0.2, -0.15) is 0 Å². The molecule has 0 atom stereocenters. The Morgan fingerprint density at radius 2 is 1.94 bits per heavy atom. The van der Waals surface area contributed by atoms with Gasteiger partial charge in [0, 0.05) is 5.69 Å². The minimum atomic E-state index is -0.336. The number of halogens is 1. The molecule has 2 N–H and O–H groups in total. The zero-order valence-electron chi connectivity index (χ0n) is 10.3. The molecule has 3 heteroatoms. The van der Waals surface area contributed by atoms with Crippen LogP contribution in [0.3, 0.4) is 0 Å². The van der Waals surface area contributed by atoms with E-state index in [1.165, 1.54) is 12.1 Å². The lowest BCUT2D eigenvalue weighted by Gasteiger charge is -2.10. The molecule has 0 saturated heterocycles. The van der Waals surface area contributed by atoms with Crippen LogP contribution in [0.2, 0.25) is 0 Å². The van der Waals surface area contributed by atoms with Gasteiger partial charge in [0.25, 0.3) is 0 Å². The largest absolute Gasteiger partial charge is 0.489 e. The van der Waals surface area contributed by atoms with E-state index < -0.39 is 0 Å². The zero-order valence-corrected chi connectivity index (χ0v) is 10.3. The molecule has 0 aliphatic heterocycles. The molecule has 0 radical (unpaired) electrons. The SMILES string of the molecule is CCc1ccccc1OCc1cc(N)cc(F)c1. The lowest BCUT2D eigenvalue weighted by Crippen LogP contribution is -2.00. The van der Waals surface area contributed by atoms with Crippen LogP contribution in [0.5, 0.6) is 5.75 Å². The Morgan fingerprint density at radius 3 is 2.67 bits per heavy atom. The third-order valence-corrected chi connectivity index (χ3v) is 2.73. The van der Waals surface area contributed by atoms with Crippen molar-refractivity contribution < 1.29 is 9.13 Å². The summed E-state index contributed by atoms with van der Waals surface area (Å²) in [5.41, 5.74) is 7.88. The second-order valence-electron chi connectivity index (χ2n) is 4.14. The van der Waals surface area contributed by atoms with Gasteiger partial charge in [-0.25, -0.2) is 4.39 Å². The van der Waals surface area contributed by atoms with Crippen LogP contribution in [-0.2, 0) is 13.0 Å². The number of rotatable bonds is 4. The molecule has 0 aromatic heterocycles. The monoisotopic (exact) mass is 245 g/mol. The molecule has 0 unspecified atom stereocenters. The summed E-state index contributed by atoms with van der Waals surface area (Å²) in [6.45, 7) is 2.39. The topological polar surface area (TPSA) is 35.2 Å². The van der Waals surface area contributed by atoms with Gasteiger partial charge in [0.15, 0.2) is 0 Å². The van der Waals surface area contributed by atoms with E-state index in [0.29, 0.717) is 12.3 Å². The molecule has 2 rings (SSSR count). The molecule has 0 amide bonds. The minimum Gasteiger partial charge on any atom is -0.489 e. The summed E-state index contributed by atoms with van der Waals surface area (Å²) < 4.78 is 18.9. The summed E-state index contributed by atoms with van der Waals surface area (Å²) in [6, 6.07) is 12.3. The fourth-order valence-corrected chi connectivity index (χ4v) is 1.86. The first-order chi connectivity index (χ1) is 8.69. The maximum absolute atomic E-state index is 13.2. The summed E-state index contributed by atoms with van der Waals surface area (Å²) in [7, 11) is 0. The van der Waals surface area contributed by atoms with Gasteiger partial charge in [0.2, 0.25) is 0 Å². The van der Waals surface area contributed by atoms with Crippen LogP contribution >= 0.6 is 0 Å². The first-order valence-corrected chi connectivity index (χ1v) is 5.94. The summed E-state index contributed by atoms with van der Waals surface area (Å²) >= 11 is 0. The van der Waals surface area contributed by atoms with E-state index in [2.05, 4.69) is 6.92 Å². The fraction of sp³-hybridized carbons (Fsp3) is 0.200. The molecule has 0 fully saturated rings. The molecule has 0 heterocycles. The van der Waals surface area contributed by atoms with Crippen molar-refractivity contribution in [3.05, 3.63) is 59.4 Å². The molecule has 0 spiro atoms. The quantitative estimate of drug-likeness (QED) is 0.836. The maximum Gasteiger partial charge on any atom is 0.125 e. The van der Waals surface area contributed by atoms with Crippen molar-refractivity contribution in [3.63, 3.8) is 0 Å². The van der Waals surface area contributed by atoms with E-state index in [1.54, 1.807) is 6.07 Å². The maximum atomic E-state index is 13.2. The van der Waals surface area contributed by atoms with Gasteiger partial charge >= 0.3 is 0 Å². The van der Waals surface area contributed by atoms with Gasteiger partial charge in [-0.15, -0.1) is 0 Å². The van der Waals surface area contributed by atoms with Crippen LogP contribution in [0.1, 0.15) is 18.1 Å². The average molecular weight is 245 g/mol. The fourth-order valence-electron chi connectivity index (χ4n) is 1.86. The lowest BCUT2D eigenvalue weighted by molar-refractivity contribution is 0.302. The Labute approximate surface area is 106 Å². The highest BCUT2D eigenvalue weighted by molar-refractivity contribution is 5.41. The number of nitrogens with two attached hydrogens (primary N) is 1. The van der Waals surface area contributed by atoms with Gasteiger partial charge in [-0.3, -0.25) is 0 Å². The average Bonchev–Trinajstić information content (AvgIpc) is 2.35. The van der Waals surface area contributed by atoms with E-state index in [4.69, 9.17) is 10.5 Å². The highest BCUT2D eigenvalue weighted by Crippen LogP contribution is 2.20. The Kier molecular flexibility index (Phi) is 3.82. The van der Waals surface area contributed by atoms with Crippen LogP contribution in [0.15, 0.2) is 42.5 Å². The molecule has 2 nitrogen and oxygen atoms in total. The van der Waals surface area contributed by atoms with Crippen molar-refractivity contribution in [3.8, 4) is 5.75 Å². The minimum absolute atomic E-state index is 0.318. The second-order valence-corrected chi connectivity index (χ2v) is 4.14. The van der Waals surface area contributed by atoms with Crippen molar-refractivity contribution in [2.24, 2.45) is 0 Å². The van der Waals surface area contributed by atoms with E-state index in [-0.39, 0.29) is 5.82 Å². The van der Waals surface area contributed by atoms with Crippen LogP contribution in [-0.4, -0.2) is 0 Å². The van der Waals surface area contributed by atoms with E-state index in [0.717, 1.165) is 23.3 Å². The van der Waals surface area contributed by atoms with Crippen LogP contribution in [0.25, 0.3) is 0 Å². The third-order valence-electron chi connectivity index (χ3n) is 2.73. The van der Waals surface area contributed by atoms with Gasteiger partial charge in [0.1, 0.15) is 18.2 Å². The molecule has 94 valence electrons. The molecular formula is C15H16FNO.